The van der Waals surface area contributed by atoms with Crippen LogP contribution in [0.5, 0.6) is 0 Å². The molecule has 1 N–H and O–H groups in total. The predicted molar refractivity (Wildman–Crippen MR) is 99.1 cm³/mol. The standard InChI is InChI=1S/C18H29N3O3S/c1-13-11-14(2)17(15(3)12-13)25(23,24)21-9-6-7-16(21)18(22)20(5)10-8-19-4/h11-12,16,19H,6-10H2,1-5H3. The first-order valence-electron chi connectivity index (χ1n) is 8.69. The Balaban J connectivity index is 2.34. The summed E-state index contributed by atoms with van der Waals surface area (Å²) in [6, 6.07) is 3.16. The van der Waals surface area contributed by atoms with Crippen molar-refractivity contribution in [2.45, 2.75) is 44.6 Å². The van der Waals surface area contributed by atoms with Crippen LogP contribution in [0.2, 0.25) is 0 Å². The second-order valence-electron chi connectivity index (χ2n) is 6.86. The summed E-state index contributed by atoms with van der Waals surface area (Å²) in [5, 5.41) is 3.01. The summed E-state index contributed by atoms with van der Waals surface area (Å²) in [5.74, 6) is -0.126. The van der Waals surface area contributed by atoms with Gasteiger partial charge in [-0.2, -0.15) is 4.31 Å². The van der Waals surface area contributed by atoms with Crippen LogP contribution in [0.15, 0.2) is 17.0 Å². The number of carbonyl (C=O) groups is 1. The highest BCUT2D eigenvalue weighted by Crippen LogP contribution is 2.31. The first kappa shape index (κ1) is 19.9. The zero-order valence-electron chi connectivity index (χ0n) is 15.8. The number of sulfonamides is 1. The number of rotatable bonds is 6. The molecule has 1 fully saturated rings. The van der Waals surface area contributed by atoms with Gasteiger partial charge in [0.15, 0.2) is 0 Å². The van der Waals surface area contributed by atoms with Crippen molar-refractivity contribution in [2.24, 2.45) is 0 Å². The van der Waals surface area contributed by atoms with E-state index >= 15 is 0 Å². The van der Waals surface area contributed by atoms with Gasteiger partial charge in [0.25, 0.3) is 0 Å². The quantitative estimate of drug-likeness (QED) is 0.826. The van der Waals surface area contributed by atoms with E-state index in [0.29, 0.717) is 37.4 Å². The van der Waals surface area contributed by atoms with Gasteiger partial charge in [-0.25, -0.2) is 8.42 Å². The molecule has 1 aliphatic heterocycles. The number of hydrogen-bond acceptors (Lipinski definition) is 4. The normalized spacial score (nSPS) is 18.5. The fourth-order valence-electron chi connectivity index (χ4n) is 3.61. The minimum Gasteiger partial charge on any atom is -0.343 e. The highest BCUT2D eigenvalue weighted by Gasteiger charge is 2.41. The molecule has 1 heterocycles. The molecule has 0 spiro atoms. The number of hydrogen-bond donors (Lipinski definition) is 1. The van der Waals surface area contributed by atoms with Gasteiger partial charge in [0.05, 0.1) is 4.90 Å². The Labute approximate surface area is 151 Å². The lowest BCUT2D eigenvalue weighted by Crippen LogP contribution is -2.47. The van der Waals surface area contributed by atoms with Gasteiger partial charge in [0, 0.05) is 26.7 Å². The molecule has 0 bridgehead atoms. The molecule has 0 aliphatic carbocycles. The fraction of sp³-hybridized carbons (Fsp3) is 0.611. The molecule has 1 aromatic carbocycles. The van der Waals surface area contributed by atoms with Gasteiger partial charge in [0.1, 0.15) is 6.04 Å². The third-order valence-corrected chi connectivity index (χ3v) is 6.95. The molecule has 0 radical (unpaired) electrons. The van der Waals surface area contributed by atoms with Gasteiger partial charge in [-0.05, 0) is 51.8 Å². The summed E-state index contributed by atoms with van der Waals surface area (Å²) < 4.78 is 28.0. The average Bonchev–Trinajstić information content (AvgIpc) is 3.00. The monoisotopic (exact) mass is 367 g/mol. The summed E-state index contributed by atoms with van der Waals surface area (Å²) in [6.07, 6.45) is 1.28. The number of likely N-dealkylation sites (N-methyl/N-ethyl adjacent to an activating group) is 2. The van der Waals surface area contributed by atoms with E-state index in [-0.39, 0.29) is 5.91 Å². The number of carbonyl (C=O) groups excluding carboxylic acids is 1. The Morgan fingerprint density at radius 1 is 1.28 bits per heavy atom. The summed E-state index contributed by atoms with van der Waals surface area (Å²) in [5.41, 5.74) is 2.51. The molecule has 25 heavy (non-hydrogen) atoms. The van der Waals surface area contributed by atoms with E-state index in [1.54, 1.807) is 11.9 Å². The molecule has 1 saturated heterocycles. The number of aryl methyl sites for hydroxylation is 3. The molecule has 6 nitrogen and oxygen atoms in total. The zero-order valence-corrected chi connectivity index (χ0v) is 16.6. The number of benzene rings is 1. The van der Waals surface area contributed by atoms with Crippen LogP contribution in [0.1, 0.15) is 29.5 Å². The van der Waals surface area contributed by atoms with E-state index in [1.165, 1.54) is 4.31 Å². The van der Waals surface area contributed by atoms with Gasteiger partial charge in [-0.15, -0.1) is 0 Å². The van der Waals surface area contributed by atoms with Crippen LogP contribution in [0.3, 0.4) is 0 Å². The van der Waals surface area contributed by atoms with E-state index in [0.717, 1.165) is 16.7 Å². The van der Waals surface area contributed by atoms with Crippen molar-refractivity contribution in [2.75, 3.05) is 33.7 Å². The minimum atomic E-state index is -3.69. The molecule has 2 rings (SSSR count). The van der Waals surface area contributed by atoms with Gasteiger partial charge >= 0.3 is 0 Å². The van der Waals surface area contributed by atoms with Crippen LogP contribution in [0.25, 0.3) is 0 Å². The lowest BCUT2D eigenvalue weighted by Gasteiger charge is -2.28. The van der Waals surface area contributed by atoms with Crippen molar-refractivity contribution in [3.05, 3.63) is 28.8 Å². The Bertz CT molecular complexity index is 723. The molecule has 1 aromatic rings. The smallest absolute Gasteiger partial charge is 0.244 e. The van der Waals surface area contributed by atoms with E-state index in [2.05, 4.69) is 5.32 Å². The van der Waals surface area contributed by atoms with Crippen LogP contribution in [0, 0.1) is 20.8 Å². The van der Waals surface area contributed by atoms with Gasteiger partial charge in [-0.3, -0.25) is 4.79 Å². The van der Waals surface area contributed by atoms with Crippen molar-refractivity contribution in [1.82, 2.24) is 14.5 Å². The summed E-state index contributed by atoms with van der Waals surface area (Å²) in [6.45, 7) is 7.22. The Hall–Kier alpha value is -1.44. The van der Waals surface area contributed by atoms with Crippen LogP contribution in [-0.4, -0.2) is 63.3 Å². The van der Waals surface area contributed by atoms with Crippen LogP contribution in [0.4, 0.5) is 0 Å². The first-order chi connectivity index (χ1) is 11.7. The Morgan fingerprint density at radius 2 is 1.88 bits per heavy atom. The largest absolute Gasteiger partial charge is 0.343 e. The van der Waals surface area contributed by atoms with Crippen molar-refractivity contribution in [3.8, 4) is 0 Å². The Kier molecular flexibility index (Phi) is 6.24. The van der Waals surface area contributed by atoms with E-state index in [9.17, 15) is 13.2 Å². The van der Waals surface area contributed by atoms with E-state index in [1.807, 2.05) is 40.0 Å². The molecule has 0 saturated carbocycles. The molecular weight excluding hydrogens is 338 g/mol. The zero-order chi connectivity index (χ0) is 18.8. The van der Waals surface area contributed by atoms with E-state index < -0.39 is 16.1 Å². The minimum absolute atomic E-state index is 0.126. The van der Waals surface area contributed by atoms with Crippen molar-refractivity contribution in [1.29, 1.82) is 0 Å². The van der Waals surface area contributed by atoms with Gasteiger partial charge in [0.2, 0.25) is 15.9 Å². The molecule has 140 valence electrons. The summed E-state index contributed by atoms with van der Waals surface area (Å²) in [7, 11) is -0.140. The SMILES string of the molecule is CNCCN(C)C(=O)C1CCCN1S(=O)(=O)c1c(C)cc(C)cc1C. The average molecular weight is 368 g/mol. The summed E-state index contributed by atoms with van der Waals surface area (Å²) in [4.78, 5) is 14.7. The Morgan fingerprint density at radius 3 is 2.44 bits per heavy atom. The third-order valence-electron chi connectivity index (χ3n) is 4.73. The maximum Gasteiger partial charge on any atom is 0.244 e. The van der Waals surface area contributed by atoms with Crippen LogP contribution >= 0.6 is 0 Å². The molecular formula is C18H29N3O3S. The predicted octanol–water partition coefficient (Wildman–Crippen LogP) is 1.44. The molecule has 0 aromatic heterocycles. The van der Waals surface area contributed by atoms with Crippen LogP contribution in [-0.2, 0) is 14.8 Å². The van der Waals surface area contributed by atoms with E-state index in [4.69, 9.17) is 0 Å². The first-order valence-corrected chi connectivity index (χ1v) is 10.1. The summed E-state index contributed by atoms with van der Waals surface area (Å²) >= 11 is 0. The van der Waals surface area contributed by atoms with Crippen LogP contribution < -0.4 is 5.32 Å². The van der Waals surface area contributed by atoms with Crippen molar-refractivity contribution < 1.29 is 13.2 Å². The lowest BCUT2D eigenvalue weighted by atomic mass is 10.1. The van der Waals surface area contributed by atoms with Gasteiger partial charge < -0.3 is 10.2 Å². The van der Waals surface area contributed by atoms with Crippen molar-refractivity contribution in [3.63, 3.8) is 0 Å². The molecule has 1 aliphatic rings. The number of nitrogens with zero attached hydrogens (tertiary/aromatic N) is 2. The van der Waals surface area contributed by atoms with Gasteiger partial charge in [-0.1, -0.05) is 17.7 Å². The number of amides is 1. The second kappa shape index (κ2) is 7.85. The second-order valence-corrected chi connectivity index (χ2v) is 8.69. The lowest BCUT2D eigenvalue weighted by molar-refractivity contribution is -0.133. The highest BCUT2D eigenvalue weighted by molar-refractivity contribution is 7.89. The molecule has 1 atom stereocenters. The molecule has 1 amide bonds. The molecule has 1 unspecified atom stereocenters. The molecule has 7 heteroatoms. The topological polar surface area (TPSA) is 69.7 Å². The maximum atomic E-state index is 13.3. The third kappa shape index (κ3) is 4.04. The fourth-order valence-corrected chi connectivity index (χ4v) is 5.68. The maximum absolute atomic E-state index is 13.3. The number of nitrogens with one attached hydrogen (secondary N) is 1. The van der Waals surface area contributed by atoms with Crippen molar-refractivity contribution >= 4 is 15.9 Å². The highest BCUT2D eigenvalue weighted by atomic mass is 32.2.